The van der Waals surface area contributed by atoms with Crippen molar-refractivity contribution < 1.29 is 5.21 Å². The number of nitrogens with two attached hydrogens (primary N) is 1. The van der Waals surface area contributed by atoms with Gasteiger partial charge in [-0.05, 0) is 25.3 Å². The van der Waals surface area contributed by atoms with Crippen molar-refractivity contribution in [1.82, 2.24) is 9.80 Å². The molecule has 1 unspecified atom stereocenters. The highest BCUT2D eigenvalue weighted by Gasteiger charge is 2.27. The molecule has 0 aromatic heterocycles. The van der Waals surface area contributed by atoms with E-state index in [0.29, 0.717) is 5.84 Å². The van der Waals surface area contributed by atoms with E-state index in [4.69, 9.17) is 10.9 Å². The lowest BCUT2D eigenvalue weighted by Crippen LogP contribution is -2.54. The summed E-state index contributed by atoms with van der Waals surface area (Å²) >= 11 is 0. The highest BCUT2D eigenvalue weighted by atomic mass is 16.4. The first-order valence-electron chi connectivity index (χ1n) is 7.68. The molecule has 0 spiro atoms. The van der Waals surface area contributed by atoms with Gasteiger partial charge in [0.1, 0.15) is 0 Å². The van der Waals surface area contributed by atoms with E-state index in [0.717, 1.165) is 44.9 Å². The second-order valence-electron chi connectivity index (χ2n) is 5.94. The molecule has 3 N–H and O–H groups in total. The van der Waals surface area contributed by atoms with Gasteiger partial charge in [0.2, 0.25) is 0 Å². The lowest BCUT2D eigenvalue weighted by atomic mass is 10.1. The van der Waals surface area contributed by atoms with Gasteiger partial charge in [-0.3, -0.25) is 4.90 Å². The molecule has 0 bridgehead atoms. The number of amidine groups is 1. The molecule has 2 fully saturated rings. The summed E-state index contributed by atoms with van der Waals surface area (Å²) in [6, 6.07) is 0.112. The zero-order chi connectivity index (χ0) is 13.7. The Kier molecular flexibility index (Phi) is 5.45. The third kappa shape index (κ3) is 4.35. The van der Waals surface area contributed by atoms with Gasteiger partial charge in [0, 0.05) is 26.2 Å². The molecule has 1 atom stereocenters. The fourth-order valence-corrected chi connectivity index (χ4v) is 2.93. The molecule has 2 aliphatic rings. The number of hydrogen-bond donors (Lipinski definition) is 2. The highest BCUT2D eigenvalue weighted by Crippen LogP contribution is 2.32. The van der Waals surface area contributed by atoms with Crippen LogP contribution in [0.1, 0.15) is 39.0 Å². The van der Waals surface area contributed by atoms with Crippen molar-refractivity contribution in [2.45, 2.75) is 45.1 Å². The summed E-state index contributed by atoms with van der Waals surface area (Å²) in [4.78, 5) is 4.93. The quantitative estimate of drug-likeness (QED) is 0.316. The Bertz CT molecular complexity index is 296. The number of hydrogen-bond acceptors (Lipinski definition) is 4. The molecule has 5 nitrogen and oxygen atoms in total. The van der Waals surface area contributed by atoms with E-state index in [2.05, 4.69) is 21.9 Å². The Hall–Kier alpha value is -0.810. The molecule has 0 aromatic carbocycles. The van der Waals surface area contributed by atoms with Gasteiger partial charge < -0.3 is 15.8 Å². The van der Waals surface area contributed by atoms with Crippen LogP contribution in [0.2, 0.25) is 0 Å². The van der Waals surface area contributed by atoms with Crippen LogP contribution in [0, 0.1) is 5.92 Å². The van der Waals surface area contributed by atoms with E-state index in [1.807, 2.05) is 0 Å². The minimum atomic E-state index is 0.112. The van der Waals surface area contributed by atoms with Gasteiger partial charge in [-0.25, -0.2) is 0 Å². The van der Waals surface area contributed by atoms with Crippen LogP contribution < -0.4 is 5.73 Å². The Morgan fingerprint density at radius 1 is 1.32 bits per heavy atom. The van der Waals surface area contributed by atoms with Crippen LogP contribution in [0.5, 0.6) is 0 Å². The third-order valence-corrected chi connectivity index (χ3v) is 4.42. The molecule has 1 saturated heterocycles. The first-order chi connectivity index (χ1) is 9.24. The van der Waals surface area contributed by atoms with Gasteiger partial charge in [0.05, 0.1) is 6.04 Å². The number of piperazine rings is 1. The monoisotopic (exact) mass is 268 g/mol. The fraction of sp³-hybridized carbons (Fsp3) is 0.929. The Morgan fingerprint density at radius 2 is 2.00 bits per heavy atom. The van der Waals surface area contributed by atoms with Crippen molar-refractivity contribution in [3.8, 4) is 0 Å². The summed E-state index contributed by atoms with van der Waals surface area (Å²) < 4.78 is 0. The number of nitrogens with zero attached hydrogens (tertiary/aromatic N) is 3. The fourth-order valence-electron chi connectivity index (χ4n) is 2.93. The largest absolute Gasteiger partial charge is 0.409 e. The maximum absolute atomic E-state index is 8.89. The van der Waals surface area contributed by atoms with Crippen molar-refractivity contribution in [1.29, 1.82) is 0 Å². The van der Waals surface area contributed by atoms with Crippen LogP contribution >= 0.6 is 0 Å². The Morgan fingerprint density at radius 3 is 2.53 bits per heavy atom. The van der Waals surface area contributed by atoms with E-state index in [1.54, 1.807) is 0 Å². The summed E-state index contributed by atoms with van der Waals surface area (Å²) in [7, 11) is 0. The molecule has 0 amide bonds. The highest BCUT2D eigenvalue weighted by molar-refractivity contribution is 5.85. The summed E-state index contributed by atoms with van der Waals surface area (Å²) in [6.07, 6.45) is 6.30. The molecule has 2 rings (SSSR count). The van der Waals surface area contributed by atoms with E-state index in [9.17, 15) is 0 Å². The third-order valence-electron chi connectivity index (χ3n) is 4.42. The summed E-state index contributed by atoms with van der Waals surface area (Å²) in [5, 5.41) is 12.1. The predicted octanol–water partition coefficient (Wildman–Crippen LogP) is 1.32. The lowest BCUT2D eigenvalue weighted by molar-refractivity contribution is 0.110. The van der Waals surface area contributed by atoms with Crippen LogP contribution in [-0.2, 0) is 0 Å². The Labute approximate surface area is 116 Å². The zero-order valence-electron chi connectivity index (χ0n) is 12.1. The molecule has 1 aliphatic carbocycles. The minimum Gasteiger partial charge on any atom is -0.409 e. The Balaban J connectivity index is 1.76. The second kappa shape index (κ2) is 7.10. The molecule has 1 heterocycles. The first-order valence-corrected chi connectivity index (χ1v) is 7.68. The number of rotatable bonds is 7. The average molecular weight is 268 g/mol. The van der Waals surface area contributed by atoms with Crippen LogP contribution in [-0.4, -0.2) is 59.6 Å². The van der Waals surface area contributed by atoms with Crippen molar-refractivity contribution in [3.05, 3.63) is 0 Å². The summed E-state index contributed by atoms with van der Waals surface area (Å²) in [6.45, 7) is 7.69. The van der Waals surface area contributed by atoms with E-state index in [-0.39, 0.29) is 6.04 Å². The van der Waals surface area contributed by atoms with Crippen LogP contribution in [0.3, 0.4) is 0 Å². The summed E-state index contributed by atoms with van der Waals surface area (Å²) in [5.41, 5.74) is 5.82. The normalized spacial score (nSPS) is 24.6. The molecule has 19 heavy (non-hydrogen) atoms. The molecule has 5 heteroatoms. The first kappa shape index (κ1) is 14.6. The SMILES string of the molecule is CCCC(C(N)=NO)N1CCN(CCC2CC2)CC1. The predicted molar refractivity (Wildman–Crippen MR) is 77.5 cm³/mol. The van der Waals surface area contributed by atoms with Gasteiger partial charge >= 0.3 is 0 Å². The van der Waals surface area contributed by atoms with Crippen LogP contribution in [0.25, 0.3) is 0 Å². The van der Waals surface area contributed by atoms with Crippen molar-refractivity contribution >= 4 is 5.84 Å². The maximum Gasteiger partial charge on any atom is 0.156 e. The maximum atomic E-state index is 8.89. The van der Waals surface area contributed by atoms with Gasteiger partial charge in [-0.2, -0.15) is 0 Å². The van der Waals surface area contributed by atoms with Crippen molar-refractivity contribution in [2.75, 3.05) is 32.7 Å². The topological polar surface area (TPSA) is 65.1 Å². The van der Waals surface area contributed by atoms with Gasteiger partial charge in [0.25, 0.3) is 0 Å². The molecule has 1 aliphatic heterocycles. The van der Waals surface area contributed by atoms with E-state index >= 15 is 0 Å². The van der Waals surface area contributed by atoms with Crippen LogP contribution in [0.15, 0.2) is 5.16 Å². The molecule has 0 aromatic rings. The second-order valence-corrected chi connectivity index (χ2v) is 5.94. The van der Waals surface area contributed by atoms with E-state index in [1.165, 1.54) is 25.8 Å². The standard InChI is InChI=1S/C14H28N4O/c1-2-3-13(14(15)16-19)18-10-8-17(9-11-18)7-6-12-4-5-12/h12-13,19H,2-11H2,1H3,(H2,15,16). The van der Waals surface area contributed by atoms with Crippen molar-refractivity contribution in [3.63, 3.8) is 0 Å². The molecule has 0 radical (unpaired) electrons. The molecule has 1 saturated carbocycles. The van der Waals surface area contributed by atoms with Gasteiger partial charge in [-0.1, -0.05) is 31.3 Å². The minimum absolute atomic E-state index is 0.112. The van der Waals surface area contributed by atoms with E-state index < -0.39 is 0 Å². The van der Waals surface area contributed by atoms with Gasteiger partial charge in [-0.15, -0.1) is 0 Å². The average Bonchev–Trinajstić information content (AvgIpc) is 3.27. The zero-order valence-corrected chi connectivity index (χ0v) is 12.1. The molecular formula is C14H28N4O. The van der Waals surface area contributed by atoms with Crippen LogP contribution in [0.4, 0.5) is 0 Å². The smallest absolute Gasteiger partial charge is 0.156 e. The molecule has 110 valence electrons. The number of oxime groups is 1. The summed E-state index contributed by atoms with van der Waals surface area (Å²) in [5.74, 6) is 1.39. The lowest BCUT2D eigenvalue weighted by Gasteiger charge is -2.38. The molecular weight excluding hydrogens is 240 g/mol. The van der Waals surface area contributed by atoms with Crippen molar-refractivity contribution in [2.24, 2.45) is 16.8 Å². The van der Waals surface area contributed by atoms with Gasteiger partial charge in [0.15, 0.2) is 5.84 Å².